The highest BCUT2D eigenvalue weighted by molar-refractivity contribution is 5.88. The van der Waals surface area contributed by atoms with Crippen molar-refractivity contribution in [2.45, 2.75) is 25.9 Å². The highest BCUT2D eigenvalue weighted by atomic mass is 16.5. The number of carbonyl (C=O) groups is 2. The molecule has 3 N–H and O–H groups in total. The average Bonchev–Trinajstić information content (AvgIpc) is 2.70. The maximum Gasteiger partial charge on any atom is 0.261 e. The van der Waals surface area contributed by atoms with Gasteiger partial charge in [0, 0.05) is 30.9 Å². The molecular weight excluding hydrogens is 378 g/mol. The van der Waals surface area contributed by atoms with Crippen molar-refractivity contribution >= 4 is 11.8 Å². The Kier molecular flexibility index (Phi) is 5.76. The molecule has 0 spiro atoms. The van der Waals surface area contributed by atoms with Crippen LogP contribution in [0.3, 0.4) is 0 Å². The van der Waals surface area contributed by atoms with E-state index in [0.717, 1.165) is 11.1 Å². The number of nitrogens with two attached hydrogens (primary N) is 1. The molecule has 2 heterocycles. The second kappa shape index (κ2) is 8.26. The number of aryl methyl sites for hydroxylation is 1. The van der Waals surface area contributed by atoms with Crippen molar-refractivity contribution in [2.24, 2.45) is 5.73 Å². The Labute approximate surface area is 167 Å². The van der Waals surface area contributed by atoms with Crippen LogP contribution in [0.15, 0.2) is 29.2 Å². The molecule has 1 unspecified atom stereocenters. The Morgan fingerprint density at radius 3 is 2.38 bits per heavy atom. The van der Waals surface area contributed by atoms with Gasteiger partial charge < -0.3 is 29.8 Å². The molecule has 2 aromatic rings. The molecule has 1 aliphatic rings. The quantitative estimate of drug-likeness (QED) is 0.727. The topological polar surface area (TPSA) is 124 Å². The molecule has 1 aliphatic heterocycles. The van der Waals surface area contributed by atoms with Crippen LogP contribution in [0.2, 0.25) is 0 Å². The summed E-state index contributed by atoms with van der Waals surface area (Å²) in [7, 11) is 3.05. The Morgan fingerprint density at radius 2 is 1.79 bits per heavy atom. The molecule has 9 heteroatoms. The molecule has 0 aliphatic carbocycles. The van der Waals surface area contributed by atoms with Gasteiger partial charge in [0.2, 0.25) is 11.3 Å². The van der Waals surface area contributed by atoms with Gasteiger partial charge in [0.1, 0.15) is 6.04 Å². The Hall–Kier alpha value is -3.49. The third-order valence-electron chi connectivity index (χ3n) is 4.86. The fraction of sp³-hybridized carbons (Fsp3) is 0.350. The number of aromatic nitrogens is 1. The number of amides is 2. The van der Waals surface area contributed by atoms with Gasteiger partial charge in [-0.2, -0.15) is 0 Å². The number of nitrogens with zero attached hydrogens (tertiary/aromatic N) is 1. The van der Waals surface area contributed by atoms with Crippen LogP contribution in [0.25, 0.3) is 0 Å². The zero-order chi connectivity index (χ0) is 21.1. The largest absolute Gasteiger partial charge is 0.493 e. The van der Waals surface area contributed by atoms with E-state index in [0.29, 0.717) is 17.2 Å². The fourth-order valence-corrected chi connectivity index (χ4v) is 3.32. The van der Waals surface area contributed by atoms with Gasteiger partial charge in [0.25, 0.3) is 5.91 Å². The molecule has 0 radical (unpaired) electrons. The number of hydrogen-bond acceptors (Lipinski definition) is 6. The number of nitrogens with one attached hydrogen (secondary N) is 1. The van der Waals surface area contributed by atoms with Crippen LogP contribution >= 0.6 is 0 Å². The molecule has 9 nitrogen and oxygen atoms in total. The summed E-state index contributed by atoms with van der Waals surface area (Å²) in [4.78, 5) is 40.9. The first-order valence-electron chi connectivity index (χ1n) is 8.98. The van der Waals surface area contributed by atoms with Gasteiger partial charge in [0.15, 0.2) is 23.9 Å². The first-order chi connectivity index (χ1) is 13.8. The summed E-state index contributed by atoms with van der Waals surface area (Å²) in [5.41, 5.74) is 7.56. The molecule has 0 saturated carbocycles. The summed E-state index contributed by atoms with van der Waals surface area (Å²) < 4.78 is 16.0. The van der Waals surface area contributed by atoms with E-state index in [-0.39, 0.29) is 24.1 Å². The zero-order valence-electron chi connectivity index (χ0n) is 16.5. The zero-order valence-corrected chi connectivity index (χ0v) is 16.5. The lowest BCUT2D eigenvalue weighted by molar-refractivity contribution is -0.142. The fourth-order valence-electron chi connectivity index (χ4n) is 3.32. The van der Waals surface area contributed by atoms with E-state index in [1.807, 2.05) is 0 Å². The molecule has 0 fully saturated rings. The van der Waals surface area contributed by atoms with Crippen molar-refractivity contribution in [3.63, 3.8) is 0 Å². The number of pyridine rings is 1. The maximum absolute atomic E-state index is 12.8. The predicted octanol–water partition coefficient (Wildman–Crippen LogP) is 0.518. The highest BCUT2D eigenvalue weighted by Gasteiger charge is 2.34. The first-order valence-corrected chi connectivity index (χ1v) is 8.98. The van der Waals surface area contributed by atoms with Gasteiger partial charge in [0.05, 0.1) is 14.2 Å². The van der Waals surface area contributed by atoms with Crippen LogP contribution in [0.1, 0.15) is 16.8 Å². The normalized spacial score (nSPS) is 15.4. The van der Waals surface area contributed by atoms with Crippen LogP contribution in [-0.4, -0.2) is 48.6 Å². The number of fused-ring (bicyclic) bond motifs is 1. The van der Waals surface area contributed by atoms with Crippen molar-refractivity contribution in [3.8, 4) is 17.2 Å². The number of ether oxygens (including phenoxy) is 3. The maximum atomic E-state index is 12.8. The van der Waals surface area contributed by atoms with Gasteiger partial charge in [-0.3, -0.25) is 14.4 Å². The summed E-state index contributed by atoms with van der Waals surface area (Å²) >= 11 is 0. The van der Waals surface area contributed by atoms with Crippen molar-refractivity contribution in [2.75, 3.05) is 20.8 Å². The van der Waals surface area contributed by atoms with E-state index in [2.05, 4.69) is 4.98 Å². The molecule has 1 aromatic heterocycles. The van der Waals surface area contributed by atoms with E-state index < -0.39 is 24.5 Å². The summed E-state index contributed by atoms with van der Waals surface area (Å²) in [5.74, 6) is 0.0272. The number of benzene rings is 1. The third-order valence-corrected chi connectivity index (χ3v) is 4.86. The Bertz CT molecular complexity index is 1000. The molecule has 0 bridgehead atoms. The lowest BCUT2D eigenvalue weighted by atomic mass is 9.92. The van der Waals surface area contributed by atoms with Crippen LogP contribution in [-0.2, 0) is 22.6 Å². The predicted molar refractivity (Wildman–Crippen MR) is 104 cm³/mol. The molecule has 2 amide bonds. The minimum atomic E-state index is -0.826. The minimum Gasteiger partial charge on any atom is -0.493 e. The molecule has 154 valence electrons. The second-order valence-electron chi connectivity index (χ2n) is 6.75. The van der Waals surface area contributed by atoms with Gasteiger partial charge in [-0.15, -0.1) is 0 Å². The standard InChI is InChI=1S/C20H23N3O6/c1-11-4-15(24)18(8-22-11)29-10-19(25)23-9-13-7-17(28-3)16(27-2)6-12(13)5-14(23)20(21)26/h4,6-8,14H,5,9-10H2,1-3H3,(H2,21,26)(H,22,24). The van der Waals surface area contributed by atoms with Crippen LogP contribution < -0.4 is 25.4 Å². The molecule has 0 saturated heterocycles. The number of carbonyl (C=O) groups excluding carboxylic acids is 2. The smallest absolute Gasteiger partial charge is 0.261 e. The average molecular weight is 401 g/mol. The second-order valence-corrected chi connectivity index (χ2v) is 6.75. The Balaban J connectivity index is 1.82. The first kappa shape index (κ1) is 20.2. The summed E-state index contributed by atoms with van der Waals surface area (Å²) in [6.45, 7) is 1.51. The summed E-state index contributed by atoms with van der Waals surface area (Å²) in [5, 5.41) is 0. The molecule has 29 heavy (non-hydrogen) atoms. The molecule has 1 aromatic carbocycles. The van der Waals surface area contributed by atoms with E-state index in [9.17, 15) is 14.4 Å². The number of rotatable bonds is 6. The third kappa shape index (κ3) is 4.18. The molecule has 3 rings (SSSR count). The van der Waals surface area contributed by atoms with Gasteiger partial charge in [-0.1, -0.05) is 0 Å². The summed E-state index contributed by atoms with van der Waals surface area (Å²) in [6, 6.07) is 4.11. The number of primary amides is 1. The van der Waals surface area contributed by atoms with Crippen LogP contribution in [0, 0.1) is 6.92 Å². The van der Waals surface area contributed by atoms with Crippen LogP contribution in [0.5, 0.6) is 17.2 Å². The number of hydrogen-bond donors (Lipinski definition) is 2. The van der Waals surface area contributed by atoms with Crippen LogP contribution in [0.4, 0.5) is 0 Å². The van der Waals surface area contributed by atoms with Gasteiger partial charge >= 0.3 is 0 Å². The number of methoxy groups -OCH3 is 2. The Morgan fingerprint density at radius 1 is 1.14 bits per heavy atom. The molecule has 1 atom stereocenters. The van der Waals surface area contributed by atoms with Crippen molar-refractivity contribution in [3.05, 3.63) is 51.4 Å². The van der Waals surface area contributed by atoms with Crippen molar-refractivity contribution in [1.82, 2.24) is 9.88 Å². The van der Waals surface area contributed by atoms with E-state index in [1.165, 1.54) is 31.4 Å². The van der Waals surface area contributed by atoms with E-state index in [4.69, 9.17) is 19.9 Å². The lowest BCUT2D eigenvalue weighted by Gasteiger charge is -2.35. The number of H-pyrrole nitrogens is 1. The highest BCUT2D eigenvalue weighted by Crippen LogP contribution is 2.34. The SMILES string of the molecule is COc1cc2c(cc1OC)CN(C(=O)COc1c[nH]c(C)cc1=O)C(C(N)=O)C2. The lowest BCUT2D eigenvalue weighted by Crippen LogP contribution is -2.52. The van der Waals surface area contributed by atoms with Crippen molar-refractivity contribution in [1.29, 1.82) is 0 Å². The molecular formula is C20H23N3O6. The monoisotopic (exact) mass is 401 g/mol. The van der Waals surface area contributed by atoms with Gasteiger partial charge in [-0.05, 0) is 30.2 Å². The van der Waals surface area contributed by atoms with Crippen molar-refractivity contribution < 1.29 is 23.8 Å². The minimum absolute atomic E-state index is 0.0309. The number of aromatic amines is 1. The van der Waals surface area contributed by atoms with E-state index in [1.54, 1.807) is 19.1 Å². The van der Waals surface area contributed by atoms with E-state index >= 15 is 0 Å². The van der Waals surface area contributed by atoms with Gasteiger partial charge in [-0.25, -0.2) is 0 Å². The summed E-state index contributed by atoms with van der Waals surface area (Å²) in [6.07, 6.45) is 1.65.